The number of nitrogens with zero attached hydrogens (tertiary/aromatic N) is 4. The maximum Gasteiger partial charge on any atom is 0.349 e. The van der Waals surface area contributed by atoms with Crippen LogP contribution in [0, 0.1) is 17.3 Å². The van der Waals surface area contributed by atoms with E-state index in [0.717, 1.165) is 12.1 Å². The number of aromatic nitrogens is 2. The normalized spacial score (nSPS) is 26.2. The van der Waals surface area contributed by atoms with Crippen LogP contribution in [0.15, 0.2) is 22.6 Å². The van der Waals surface area contributed by atoms with Gasteiger partial charge in [0.2, 0.25) is 17.7 Å². The zero-order valence-electron chi connectivity index (χ0n) is 19.1. The Balaban J connectivity index is 1.26. The van der Waals surface area contributed by atoms with Crippen LogP contribution in [0.5, 0.6) is 0 Å². The van der Waals surface area contributed by atoms with Crippen molar-refractivity contribution in [3.05, 3.63) is 45.6 Å². The van der Waals surface area contributed by atoms with Crippen molar-refractivity contribution in [2.24, 2.45) is 17.3 Å². The van der Waals surface area contributed by atoms with E-state index >= 15 is 8.78 Å². The lowest BCUT2D eigenvalue weighted by Gasteiger charge is -2.50. The lowest BCUT2D eigenvalue weighted by atomic mass is 9.71. The van der Waals surface area contributed by atoms with Crippen LogP contribution in [0.25, 0.3) is 0 Å². The van der Waals surface area contributed by atoms with Gasteiger partial charge in [0.15, 0.2) is 0 Å². The first-order valence-corrected chi connectivity index (χ1v) is 12.4. The molecule has 1 aliphatic carbocycles. The van der Waals surface area contributed by atoms with Crippen LogP contribution in [-0.2, 0) is 20.2 Å². The number of carbonyl (C=O) groups excluding carboxylic acids is 2. The molecule has 0 radical (unpaired) electrons. The molecule has 3 saturated heterocycles. The van der Waals surface area contributed by atoms with Crippen molar-refractivity contribution in [1.29, 1.82) is 0 Å². The van der Waals surface area contributed by atoms with Crippen molar-refractivity contribution in [3.63, 3.8) is 0 Å². The van der Waals surface area contributed by atoms with Crippen molar-refractivity contribution >= 4 is 35.0 Å². The van der Waals surface area contributed by atoms with Crippen molar-refractivity contribution in [1.82, 2.24) is 20.0 Å². The van der Waals surface area contributed by atoms with E-state index in [2.05, 4.69) is 10.2 Å². The minimum Gasteiger partial charge on any atom is -0.419 e. The Kier molecular flexibility index (Phi) is 5.56. The van der Waals surface area contributed by atoms with E-state index in [4.69, 9.17) is 32.4 Å². The molecule has 4 aliphatic rings. The Labute approximate surface area is 217 Å². The predicted octanol–water partition coefficient (Wildman–Crippen LogP) is 3.57. The molecule has 1 unspecified atom stereocenters. The Morgan fingerprint density at radius 2 is 1.70 bits per heavy atom. The van der Waals surface area contributed by atoms with Crippen LogP contribution < -0.4 is 0 Å². The van der Waals surface area contributed by atoms with E-state index in [9.17, 15) is 18.4 Å². The molecule has 2 atom stereocenters. The summed E-state index contributed by atoms with van der Waals surface area (Å²) in [5.41, 5.74) is -1.27. The molecule has 1 saturated carbocycles. The first kappa shape index (κ1) is 24.9. The third-order valence-electron chi connectivity index (χ3n) is 7.68. The summed E-state index contributed by atoms with van der Waals surface area (Å²) in [6.45, 7) is 1.05. The Bertz CT molecular complexity index is 1280. The zero-order chi connectivity index (χ0) is 26.3. The average Bonchev–Trinajstić information content (AvgIpc) is 3.15. The molecule has 0 N–H and O–H groups in total. The molecular weight excluding hydrogens is 543 g/mol. The number of likely N-dealkylation sites (tertiary alicyclic amines) is 2. The molecule has 37 heavy (non-hydrogen) atoms. The fourth-order valence-electron chi connectivity index (χ4n) is 5.32. The highest BCUT2D eigenvalue weighted by molar-refractivity contribution is 6.42. The summed E-state index contributed by atoms with van der Waals surface area (Å²) in [6.07, 6.45) is -0.484. The number of benzene rings is 1. The lowest BCUT2D eigenvalue weighted by Crippen LogP contribution is -2.62. The lowest BCUT2D eigenvalue weighted by molar-refractivity contribution is -0.151. The monoisotopic (exact) mass is 562 g/mol. The molecule has 8 nitrogen and oxygen atoms in total. The summed E-state index contributed by atoms with van der Waals surface area (Å²) in [6, 6.07) is 3.34. The molecule has 0 bridgehead atoms. The van der Waals surface area contributed by atoms with Gasteiger partial charge in [0.05, 0.1) is 35.1 Å². The second-order valence-electron chi connectivity index (χ2n) is 10.2. The number of amides is 2. The molecule has 6 rings (SSSR count). The number of hydrogen-bond donors (Lipinski definition) is 0. The number of ether oxygens (including phenoxy) is 1. The molecule has 198 valence electrons. The highest BCUT2D eigenvalue weighted by atomic mass is 35.5. The van der Waals surface area contributed by atoms with Gasteiger partial charge in [-0.15, -0.1) is 10.2 Å². The van der Waals surface area contributed by atoms with Crippen LogP contribution in [-0.4, -0.2) is 77.1 Å². The highest BCUT2D eigenvalue weighted by Gasteiger charge is 2.66. The zero-order valence-corrected chi connectivity index (χ0v) is 20.6. The molecule has 4 heterocycles. The van der Waals surface area contributed by atoms with Crippen LogP contribution >= 0.6 is 23.2 Å². The first-order chi connectivity index (χ1) is 17.4. The van der Waals surface area contributed by atoms with Gasteiger partial charge in [-0.1, -0.05) is 29.3 Å². The predicted molar refractivity (Wildman–Crippen MR) is 119 cm³/mol. The van der Waals surface area contributed by atoms with Crippen molar-refractivity contribution in [3.8, 4) is 0 Å². The molecule has 1 aromatic heterocycles. The molecule has 2 aromatic rings. The standard InChI is InChI=1S/C23H20Cl2F4N4O4/c24-15-2-1-12(3-16(15)25)23(28,29)20-31-30-17(37-20)14-5-32(18(34)11-6-36-7-11)8-21(14)9-33(10-21)19(35)13-4-22(13,26)27/h1-3,11,13-14H,4-10H2/t13-,14?/m1/s1. The fourth-order valence-corrected chi connectivity index (χ4v) is 5.62. The summed E-state index contributed by atoms with van der Waals surface area (Å²) in [7, 11) is 0. The fraction of sp³-hybridized carbons (Fsp3) is 0.565. The van der Waals surface area contributed by atoms with Crippen LogP contribution in [0.1, 0.15) is 29.7 Å². The maximum atomic E-state index is 15.2. The average molecular weight is 563 g/mol. The molecule has 1 spiro atoms. The second kappa shape index (κ2) is 8.28. The van der Waals surface area contributed by atoms with Gasteiger partial charge in [-0.3, -0.25) is 9.59 Å². The second-order valence-corrected chi connectivity index (χ2v) is 11.0. The maximum absolute atomic E-state index is 15.2. The van der Waals surface area contributed by atoms with Crippen LogP contribution in [0.4, 0.5) is 17.6 Å². The molecule has 4 fully saturated rings. The van der Waals surface area contributed by atoms with Gasteiger partial charge in [0, 0.05) is 43.6 Å². The van der Waals surface area contributed by atoms with Gasteiger partial charge in [-0.25, -0.2) is 8.78 Å². The van der Waals surface area contributed by atoms with Gasteiger partial charge in [0.1, 0.15) is 5.92 Å². The summed E-state index contributed by atoms with van der Waals surface area (Å²) in [5.74, 6) is -10.9. The quantitative estimate of drug-likeness (QED) is 0.518. The Morgan fingerprint density at radius 3 is 2.30 bits per heavy atom. The van der Waals surface area contributed by atoms with Crippen molar-refractivity contribution < 1.29 is 36.3 Å². The summed E-state index contributed by atoms with van der Waals surface area (Å²) < 4.78 is 67.9. The van der Waals surface area contributed by atoms with Gasteiger partial charge in [0.25, 0.3) is 11.8 Å². The van der Waals surface area contributed by atoms with Gasteiger partial charge in [-0.2, -0.15) is 8.78 Å². The number of halogens is 6. The van der Waals surface area contributed by atoms with Gasteiger partial charge >= 0.3 is 5.92 Å². The smallest absolute Gasteiger partial charge is 0.349 e. The minimum atomic E-state index is -3.68. The molecule has 14 heteroatoms. The third-order valence-corrected chi connectivity index (χ3v) is 8.42. The number of carbonyl (C=O) groups is 2. The largest absolute Gasteiger partial charge is 0.419 e. The minimum absolute atomic E-state index is 0.0667. The first-order valence-electron chi connectivity index (χ1n) is 11.6. The van der Waals surface area contributed by atoms with E-state index in [1.807, 2.05) is 0 Å². The van der Waals surface area contributed by atoms with Crippen LogP contribution in [0.2, 0.25) is 10.0 Å². The van der Waals surface area contributed by atoms with E-state index in [1.54, 1.807) is 4.90 Å². The summed E-state index contributed by atoms with van der Waals surface area (Å²) >= 11 is 11.7. The van der Waals surface area contributed by atoms with E-state index in [0.29, 0.717) is 0 Å². The number of rotatable bonds is 5. The number of hydrogen-bond acceptors (Lipinski definition) is 6. The molecule has 3 aliphatic heterocycles. The van der Waals surface area contributed by atoms with E-state index in [1.165, 1.54) is 11.0 Å². The Hall–Kier alpha value is -2.44. The topological polar surface area (TPSA) is 88.8 Å². The van der Waals surface area contributed by atoms with Crippen molar-refractivity contribution in [2.45, 2.75) is 24.2 Å². The van der Waals surface area contributed by atoms with Crippen LogP contribution in [0.3, 0.4) is 0 Å². The molecule has 1 aromatic carbocycles. The van der Waals surface area contributed by atoms with Gasteiger partial charge < -0.3 is 19.0 Å². The molecule has 2 amide bonds. The number of alkyl halides is 4. The summed E-state index contributed by atoms with van der Waals surface area (Å²) in [5, 5.41) is 7.50. The highest BCUT2D eigenvalue weighted by Crippen LogP contribution is 2.54. The van der Waals surface area contributed by atoms with E-state index < -0.39 is 52.9 Å². The third kappa shape index (κ3) is 3.99. The molecular formula is C23H20Cl2F4N4O4. The van der Waals surface area contributed by atoms with Gasteiger partial charge in [-0.05, 0) is 12.1 Å². The SMILES string of the molecule is O=C(C1COC1)N1CC(c2nnc(C(F)(F)c3ccc(Cl)c(Cl)c3)o2)C2(C1)CN(C(=O)[C@H]1CC1(F)F)C2. The summed E-state index contributed by atoms with van der Waals surface area (Å²) in [4.78, 5) is 28.3. The Morgan fingerprint density at radius 1 is 1.03 bits per heavy atom. The van der Waals surface area contributed by atoms with E-state index in [-0.39, 0.29) is 67.2 Å². The van der Waals surface area contributed by atoms with Crippen molar-refractivity contribution in [2.75, 3.05) is 39.4 Å².